The number of H-pyrrole nitrogens is 1. The van der Waals surface area contributed by atoms with Gasteiger partial charge in [0.2, 0.25) is 0 Å². The first-order valence-electron chi connectivity index (χ1n) is 8.74. The molecule has 2 fully saturated rings. The summed E-state index contributed by atoms with van der Waals surface area (Å²) in [6.45, 7) is 5.84. The molecule has 7 nitrogen and oxygen atoms in total. The molecule has 0 spiro atoms. The van der Waals surface area contributed by atoms with Crippen LogP contribution in [0.15, 0.2) is 0 Å². The van der Waals surface area contributed by atoms with Crippen molar-refractivity contribution in [3.05, 3.63) is 17.0 Å². The van der Waals surface area contributed by atoms with Crippen LogP contribution in [-0.4, -0.2) is 77.4 Å². The van der Waals surface area contributed by atoms with Gasteiger partial charge in [-0.1, -0.05) is 0 Å². The SMILES string of the molecule is Cl.O=C(NCC1(N2CCOCC2)CCSC1)c1n[nH]c2c1CNCC2. The molecule has 3 aliphatic rings. The molecule has 2 saturated heterocycles. The van der Waals surface area contributed by atoms with Gasteiger partial charge in [-0.05, 0) is 12.2 Å². The first kappa shape index (κ1) is 19.0. The van der Waals surface area contributed by atoms with Crippen molar-refractivity contribution < 1.29 is 9.53 Å². The van der Waals surface area contributed by atoms with Crippen LogP contribution in [0.3, 0.4) is 0 Å². The number of morpholine rings is 1. The van der Waals surface area contributed by atoms with E-state index in [9.17, 15) is 4.79 Å². The average Bonchev–Trinajstić information content (AvgIpc) is 3.28. The molecule has 1 atom stereocenters. The monoisotopic (exact) mass is 387 g/mol. The summed E-state index contributed by atoms with van der Waals surface area (Å²) in [7, 11) is 0. The fourth-order valence-electron chi connectivity index (χ4n) is 3.88. The van der Waals surface area contributed by atoms with Gasteiger partial charge in [-0.15, -0.1) is 12.4 Å². The smallest absolute Gasteiger partial charge is 0.272 e. The Hall–Kier alpha value is -0.800. The second kappa shape index (κ2) is 8.26. The van der Waals surface area contributed by atoms with Gasteiger partial charge in [-0.25, -0.2) is 0 Å². The Morgan fingerprint density at radius 1 is 1.40 bits per heavy atom. The van der Waals surface area contributed by atoms with E-state index in [4.69, 9.17) is 4.74 Å². The molecule has 3 N–H and O–H groups in total. The van der Waals surface area contributed by atoms with Crippen molar-refractivity contribution in [2.24, 2.45) is 0 Å². The molecule has 1 unspecified atom stereocenters. The number of ether oxygens (including phenoxy) is 1. The van der Waals surface area contributed by atoms with E-state index in [0.717, 1.165) is 75.0 Å². The Balaban J connectivity index is 0.00000182. The van der Waals surface area contributed by atoms with Crippen LogP contribution in [0.4, 0.5) is 0 Å². The van der Waals surface area contributed by atoms with E-state index < -0.39 is 0 Å². The van der Waals surface area contributed by atoms with Crippen LogP contribution in [0.1, 0.15) is 28.2 Å². The van der Waals surface area contributed by atoms with Gasteiger partial charge in [0, 0.05) is 61.7 Å². The molecule has 4 rings (SSSR count). The highest BCUT2D eigenvalue weighted by Crippen LogP contribution is 2.33. The first-order chi connectivity index (χ1) is 11.8. The molecule has 25 heavy (non-hydrogen) atoms. The highest BCUT2D eigenvalue weighted by Gasteiger charge is 2.41. The van der Waals surface area contributed by atoms with Crippen LogP contribution < -0.4 is 10.6 Å². The Labute approximate surface area is 158 Å². The molecule has 0 aliphatic carbocycles. The third kappa shape index (κ3) is 3.83. The molecule has 1 amide bonds. The van der Waals surface area contributed by atoms with Crippen LogP contribution in [-0.2, 0) is 17.7 Å². The molecular formula is C16H26ClN5O2S. The van der Waals surface area contributed by atoms with E-state index in [1.165, 1.54) is 0 Å². The highest BCUT2D eigenvalue weighted by atomic mass is 35.5. The van der Waals surface area contributed by atoms with E-state index in [0.29, 0.717) is 12.2 Å². The maximum Gasteiger partial charge on any atom is 0.272 e. The maximum absolute atomic E-state index is 12.7. The van der Waals surface area contributed by atoms with E-state index in [2.05, 4.69) is 25.7 Å². The maximum atomic E-state index is 12.7. The number of rotatable bonds is 4. The molecule has 1 aromatic heterocycles. The highest BCUT2D eigenvalue weighted by molar-refractivity contribution is 7.99. The van der Waals surface area contributed by atoms with Gasteiger partial charge < -0.3 is 15.4 Å². The van der Waals surface area contributed by atoms with Crippen molar-refractivity contribution in [1.82, 2.24) is 25.7 Å². The number of aromatic nitrogens is 2. The molecule has 140 valence electrons. The Bertz CT molecular complexity index is 599. The normalized spacial score (nSPS) is 26.7. The largest absolute Gasteiger partial charge is 0.379 e. The van der Waals surface area contributed by atoms with Gasteiger partial charge in [-0.3, -0.25) is 14.8 Å². The summed E-state index contributed by atoms with van der Waals surface area (Å²) in [6, 6.07) is 0. The topological polar surface area (TPSA) is 82.3 Å². The number of carbonyl (C=O) groups is 1. The molecule has 9 heteroatoms. The number of hydrogen-bond acceptors (Lipinski definition) is 6. The molecule has 0 aromatic carbocycles. The number of fused-ring (bicyclic) bond motifs is 1. The number of hydrogen-bond donors (Lipinski definition) is 3. The predicted molar refractivity (Wildman–Crippen MR) is 101 cm³/mol. The van der Waals surface area contributed by atoms with Crippen LogP contribution >= 0.6 is 24.2 Å². The van der Waals surface area contributed by atoms with Gasteiger partial charge in [0.25, 0.3) is 5.91 Å². The molecular weight excluding hydrogens is 362 g/mol. The summed E-state index contributed by atoms with van der Waals surface area (Å²) in [5.74, 6) is 2.18. The number of carbonyl (C=O) groups excluding carboxylic acids is 1. The minimum atomic E-state index is -0.0549. The Morgan fingerprint density at radius 2 is 2.24 bits per heavy atom. The number of halogens is 1. The number of thioether (sulfide) groups is 1. The second-order valence-corrected chi connectivity index (χ2v) is 7.87. The van der Waals surface area contributed by atoms with Crippen molar-refractivity contribution in [2.45, 2.75) is 24.9 Å². The minimum absolute atomic E-state index is 0. The van der Waals surface area contributed by atoms with E-state index >= 15 is 0 Å². The van der Waals surface area contributed by atoms with Crippen molar-refractivity contribution in [3.8, 4) is 0 Å². The Kier molecular flexibility index (Phi) is 6.27. The zero-order valence-corrected chi connectivity index (χ0v) is 15.9. The summed E-state index contributed by atoms with van der Waals surface area (Å²) < 4.78 is 5.49. The fraction of sp³-hybridized carbons (Fsp3) is 0.750. The minimum Gasteiger partial charge on any atom is -0.379 e. The zero-order chi connectivity index (χ0) is 16.4. The second-order valence-electron chi connectivity index (χ2n) is 6.77. The molecule has 3 aliphatic heterocycles. The summed E-state index contributed by atoms with van der Waals surface area (Å²) in [5.41, 5.74) is 2.75. The first-order valence-corrected chi connectivity index (χ1v) is 9.90. The molecule has 4 heterocycles. The van der Waals surface area contributed by atoms with Crippen molar-refractivity contribution in [2.75, 3.05) is 50.9 Å². The molecule has 0 radical (unpaired) electrons. The van der Waals surface area contributed by atoms with Crippen molar-refractivity contribution in [1.29, 1.82) is 0 Å². The standard InChI is InChI=1S/C16H25N5O2S.ClH/c22-15(14-12-9-17-3-1-13(12)19-20-14)18-10-16(2-8-24-11-16)21-4-6-23-7-5-21;/h17H,1-11H2,(H,18,22)(H,19,20);1H. The summed E-state index contributed by atoms with van der Waals surface area (Å²) in [5, 5.41) is 13.8. The zero-order valence-electron chi connectivity index (χ0n) is 14.3. The van der Waals surface area contributed by atoms with Crippen LogP contribution in [0.5, 0.6) is 0 Å². The van der Waals surface area contributed by atoms with Crippen LogP contribution in [0.2, 0.25) is 0 Å². The average molecular weight is 388 g/mol. The lowest BCUT2D eigenvalue weighted by molar-refractivity contribution is -0.0129. The molecule has 0 bridgehead atoms. The van der Waals surface area contributed by atoms with Gasteiger partial charge in [0.05, 0.1) is 13.2 Å². The number of nitrogens with one attached hydrogen (secondary N) is 3. The van der Waals surface area contributed by atoms with E-state index in [1.807, 2.05) is 11.8 Å². The van der Waals surface area contributed by atoms with Crippen molar-refractivity contribution in [3.63, 3.8) is 0 Å². The Morgan fingerprint density at radius 3 is 3.00 bits per heavy atom. The van der Waals surface area contributed by atoms with Gasteiger partial charge in [-0.2, -0.15) is 16.9 Å². The molecule has 1 aromatic rings. The van der Waals surface area contributed by atoms with E-state index in [-0.39, 0.29) is 23.9 Å². The quantitative estimate of drug-likeness (QED) is 0.694. The van der Waals surface area contributed by atoms with Crippen LogP contribution in [0.25, 0.3) is 0 Å². The summed E-state index contributed by atoms with van der Waals surface area (Å²) >= 11 is 1.98. The lowest BCUT2D eigenvalue weighted by Crippen LogP contribution is -2.59. The number of amides is 1. The third-order valence-electron chi connectivity index (χ3n) is 5.36. The van der Waals surface area contributed by atoms with Crippen molar-refractivity contribution >= 4 is 30.1 Å². The fourth-order valence-corrected chi connectivity index (χ4v) is 5.35. The third-order valence-corrected chi connectivity index (χ3v) is 6.60. The van der Waals surface area contributed by atoms with E-state index in [1.54, 1.807) is 0 Å². The lowest BCUT2D eigenvalue weighted by atomic mass is 9.95. The van der Waals surface area contributed by atoms with Gasteiger partial charge in [0.1, 0.15) is 0 Å². The molecule has 0 saturated carbocycles. The predicted octanol–water partition coefficient (Wildman–Crippen LogP) is 0.415. The summed E-state index contributed by atoms with van der Waals surface area (Å²) in [4.78, 5) is 15.2. The van der Waals surface area contributed by atoms with Gasteiger partial charge >= 0.3 is 0 Å². The summed E-state index contributed by atoms with van der Waals surface area (Å²) in [6.07, 6.45) is 2.03. The number of nitrogens with zero attached hydrogens (tertiary/aromatic N) is 2. The number of aromatic amines is 1. The van der Waals surface area contributed by atoms with Gasteiger partial charge in [0.15, 0.2) is 5.69 Å². The lowest BCUT2D eigenvalue weighted by Gasteiger charge is -2.43. The van der Waals surface area contributed by atoms with Crippen LogP contribution in [0, 0.1) is 0 Å².